The van der Waals surface area contributed by atoms with Crippen molar-refractivity contribution in [2.45, 2.75) is 27.7 Å². The quantitative estimate of drug-likeness (QED) is 0.137. The van der Waals surface area contributed by atoms with Crippen molar-refractivity contribution in [1.82, 2.24) is 4.98 Å². The molecule has 5 rings (SSSR count). The number of rotatable bonds is 2. The summed E-state index contributed by atoms with van der Waals surface area (Å²) in [5.41, 5.74) is 8.57. The molecule has 1 aliphatic carbocycles. The van der Waals surface area contributed by atoms with E-state index >= 15 is 0 Å². The summed E-state index contributed by atoms with van der Waals surface area (Å²) in [4.78, 5) is 27.7. The fourth-order valence-electron chi connectivity index (χ4n) is 4.20. The zero-order valence-corrected chi connectivity index (χ0v) is 21.8. The van der Waals surface area contributed by atoms with Crippen LogP contribution in [0.25, 0.3) is 33.3 Å². The van der Waals surface area contributed by atoms with Gasteiger partial charge >= 0.3 is 0 Å². The molecule has 3 aromatic carbocycles. The van der Waals surface area contributed by atoms with Crippen molar-refractivity contribution < 1.29 is 34.8 Å². The predicted octanol–water partition coefficient (Wildman–Crippen LogP) is 6.56. The number of carbonyl (C=O) groups is 2. The minimum Gasteiger partial charge on any atom is -0.512 e. The van der Waals surface area contributed by atoms with Crippen molar-refractivity contribution in [3.63, 3.8) is 0 Å². The number of hydrogen-bond donors (Lipinski definition) is 1. The summed E-state index contributed by atoms with van der Waals surface area (Å²) < 4.78 is 0. The largest absolute Gasteiger partial charge is 0.512 e. The van der Waals surface area contributed by atoms with Gasteiger partial charge in [-0.3, -0.25) is 14.6 Å². The van der Waals surface area contributed by atoms with Gasteiger partial charge in [-0.1, -0.05) is 56.3 Å². The molecule has 0 bridgehead atoms. The number of aliphatic hydroxyl groups excluding tert-OH is 1. The van der Waals surface area contributed by atoms with Crippen LogP contribution in [0.5, 0.6) is 0 Å². The molecule has 0 atom stereocenters. The average Bonchev–Trinajstić information content (AvgIpc) is 3.05. The average molecular weight is 627 g/mol. The molecule has 4 aromatic rings. The maximum absolute atomic E-state index is 12.9. The summed E-state index contributed by atoms with van der Waals surface area (Å²) in [5, 5.41) is 9.28. The van der Waals surface area contributed by atoms with Crippen LogP contribution >= 0.6 is 0 Å². The van der Waals surface area contributed by atoms with Gasteiger partial charge in [-0.05, 0) is 36.7 Å². The number of ketones is 2. The van der Waals surface area contributed by atoms with Gasteiger partial charge in [0.05, 0.1) is 11.3 Å². The summed E-state index contributed by atoms with van der Waals surface area (Å²) >= 11 is 0. The molecular weight excluding hydrogens is 603 g/mol. The molecule has 0 amide bonds. The topological polar surface area (TPSA) is 67.3 Å². The first-order chi connectivity index (χ1) is 15.7. The number of aromatic nitrogens is 1. The summed E-state index contributed by atoms with van der Waals surface area (Å²) in [6, 6.07) is 23.4. The normalized spacial score (nSPS) is 11.8. The number of allylic oxidation sites excluding steroid dienone is 2. The number of aliphatic hydroxyl groups is 1. The molecule has 0 saturated heterocycles. The molecule has 5 heteroatoms. The van der Waals surface area contributed by atoms with Crippen molar-refractivity contribution >= 4 is 22.5 Å². The number of hydrogen-bond acceptors (Lipinski definition) is 4. The molecule has 0 saturated carbocycles. The van der Waals surface area contributed by atoms with Gasteiger partial charge in [0.1, 0.15) is 0 Å². The zero-order chi connectivity index (χ0) is 23.7. The number of carbonyl (C=O) groups excluding carboxylic acids is 2. The third-order valence-electron chi connectivity index (χ3n) is 5.40. The van der Waals surface area contributed by atoms with E-state index in [1.165, 1.54) is 25.5 Å². The molecule has 173 valence electrons. The van der Waals surface area contributed by atoms with E-state index < -0.39 is 0 Å². The van der Waals surface area contributed by atoms with Gasteiger partial charge in [0.2, 0.25) is 0 Å². The van der Waals surface area contributed by atoms with Gasteiger partial charge in [-0.2, -0.15) is 0 Å². The van der Waals surface area contributed by atoms with Crippen LogP contribution in [0.3, 0.4) is 0 Å². The van der Waals surface area contributed by atoms with Gasteiger partial charge in [-0.15, -0.1) is 34.9 Å². The molecule has 4 nitrogen and oxygen atoms in total. The van der Waals surface area contributed by atoms with Crippen LogP contribution in [0.15, 0.2) is 72.5 Å². The molecule has 0 spiro atoms. The SMILES string of the molecule is CC(=O)/C=C(/C)O.Cc1[c-]c(-c2ccc3c4c(ccc3n2)-c2ccccc2C4=O)cc(C)c1.[Ir]. The van der Waals surface area contributed by atoms with Crippen LogP contribution in [0.2, 0.25) is 0 Å². The van der Waals surface area contributed by atoms with Crippen LogP contribution < -0.4 is 0 Å². The Labute approximate surface area is 212 Å². The molecule has 0 fully saturated rings. The Balaban J connectivity index is 0.000000357. The van der Waals surface area contributed by atoms with Crippen LogP contribution in [-0.2, 0) is 24.9 Å². The fraction of sp³-hybridized carbons (Fsp3) is 0.138. The van der Waals surface area contributed by atoms with Gasteiger partial charge in [0, 0.05) is 42.7 Å². The Bertz CT molecular complexity index is 1430. The van der Waals surface area contributed by atoms with E-state index in [1.807, 2.05) is 55.5 Å². The summed E-state index contributed by atoms with van der Waals surface area (Å²) in [6.45, 7) is 6.97. The van der Waals surface area contributed by atoms with Gasteiger partial charge in [0.25, 0.3) is 0 Å². The van der Waals surface area contributed by atoms with E-state index in [9.17, 15) is 9.59 Å². The second-order valence-electron chi connectivity index (χ2n) is 8.28. The van der Waals surface area contributed by atoms with Crippen molar-refractivity contribution in [2.24, 2.45) is 0 Å². The molecule has 1 N–H and O–H groups in total. The standard InChI is InChI=1S/C24H16NO.C5H8O2.Ir/c1-14-11-15(2)13-16(12-14)21-9-8-20-22(25-21)10-7-18-17-5-3-4-6-19(17)24(26)23(18)20;1-4(6)3-5(2)7;/h3-12H,1-2H3;3,6H,1-2H3;/q-1;;/b;4-3-;. The van der Waals surface area contributed by atoms with Crippen LogP contribution in [-0.4, -0.2) is 21.7 Å². The van der Waals surface area contributed by atoms with E-state index in [4.69, 9.17) is 10.1 Å². The number of fused-ring (bicyclic) bond motifs is 5. The van der Waals surface area contributed by atoms with Crippen LogP contribution in [0.4, 0.5) is 0 Å². The predicted molar refractivity (Wildman–Crippen MR) is 131 cm³/mol. The van der Waals surface area contributed by atoms with Crippen LogP contribution in [0.1, 0.15) is 40.9 Å². The Morgan fingerprint density at radius 1 is 0.941 bits per heavy atom. The van der Waals surface area contributed by atoms with Crippen LogP contribution in [0, 0.1) is 19.9 Å². The summed E-state index contributed by atoms with van der Waals surface area (Å²) in [7, 11) is 0. The Morgan fingerprint density at radius 3 is 2.26 bits per heavy atom. The molecule has 34 heavy (non-hydrogen) atoms. The van der Waals surface area contributed by atoms with E-state index in [-0.39, 0.29) is 37.4 Å². The van der Waals surface area contributed by atoms with Crippen molar-refractivity contribution in [1.29, 1.82) is 0 Å². The Morgan fingerprint density at radius 2 is 1.65 bits per heavy atom. The molecular formula is C29H24IrNO3-. The first-order valence-corrected chi connectivity index (χ1v) is 10.7. The van der Waals surface area contributed by atoms with Crippen molar-refractivity contribution in [2.75, 3.05) is 0 Å². The van der Waals surface area contributed by atoms with Crippen molar-refractivity contribution in [3.8, 4) is 22.4 Å². The van der Waals surface area contributed by atoms with Gasteiger partial charge in [0.15, 0.2) is 11.6 Å². The maximum Gasteiger partial charge on any atom is 0.194 e. The molecule has 1 radical (unpaired) electrons. The molecule has 1 heterocycles. The fourth-order valence-corrected chi connectivity index (χ4v) is 4.20. The van der Waals surface area contributed by atoms with Gasteiger partial charge in [-0.25, -0.2) is 0 Å². The second-order valence-corrected chi connectivity index (χ2v) is 8.28. The van der Waals surface area contributed by atoms with E-state index in [0.717, 1.165) is 50.0 Å². The third kappa shape index (κ3) is 5.06. The molecule has 1 aliphatic rings. The second kappa shape index (κ2) is 10.3. The third-order valence-corrected chi connectivity index (χ3v) is 5.40. The maximum atomic E-state index is 12.9. The minimum atomic E-state index is -0.125. The number of nitrogens with zero attached hydrogens (tertiary/aromatic N) is 1. The smallest absolute Gasteiger partial charge is 0.194 e. The van der Waals surface area contributed by atoms with Gasteiger partial charge < -0.3 is 5.11 Å². The Hall–Kier alpha value is -3.40. The molecule has 0 aliphatic heterocycles. The first kappa shape index (κ1) is 25.2. The minimum absolute atomic E-state index is 0. The number of pyridine rings is 1. The molecule has 1 aromatic heterocycles. The molecule has 0 unspecified atom stereocenters. The monoisotopic (exact) mass is 627 g/mol. The first-order valence-electron chi connectivity index (χ1n) is 10.7. The number of aryl methyl sites for hydroxylation is 2. The van der Waals surface area contributed by atoms with E-state index in [0.29, 0.717) is 0 Å². The van der Waals surface area contributed by atoms with Crippen molar-refractivity contribution in [3.05, 3.63) is 101 Å². The Kier molecular flexibility index (Phi) is 7.61. The summed E-state index contributed by atoms with van der Waals surface area (Å²) in [6.07, 6.45) is 1.17. The number of benzene rings is 3. The van der Waals surface area contributed by atoms with E-state index in [2.05, 4.69) is 25.1 Å². The van der Waals surface area contributed by atoms with E-state index in [1.54, 1.807) is 0 Å². The summed E-state index contributed by atoms with van der Waals surface area (Å²) in [5.74, 6) is 0.0289. The zero-order valence-electron chi connectivity index (χ0n) is 19.4.